The molecule has 0 aliphatic rings. The van der Waals surface area contributed by atoms with Crippen LogP contribution in [0, 0.1) is 13.8 Å². The maximum Gasteiger partial charge on any atom is 0.160 e. The van der Waals surface area contributed by atoms with Crippen molar-refractivity contribution in [3.05, 3.63) is 46.0 Å². The van der Waals surface area contributed by atoms with Crippen LogP contribution < -0.4 is 0 Å². The topological polar surface area (TPSA) is 34.9 Å². The zero-order valence-electron chi connectivity index (χ0n) is 9.99. The van der Waals surface area contributed by atoms with E-state index in [0.29, 0.717) is 5.56 Å². The third kappa shape index (κ3) is 2.17. The summed E-state index contributed by atoms with van der Waals surface area (Å²) in [4.78, 5) is 15.6. The maximum absolute atomic E-state index is 11.3. The van der Waals surface area contributed by atoms with Crippen molar-refractivity contribution in [3.8, 4) is 5.69 Å². The van der Waals surface area contributed by atoms with Crippen molar-refractivity contribution >= 4 is 21.7 Å². The van der Waals surface area contributed by atoms with Crippen LogP contribution in [0.3, 0.4) is 0 Å². The van der Waals surface area contributed by atoms with Crippen LogP contribution in [-0.2, 0) is 0 Å². The predicted molar refractivity (Wildman–Crippen MR) is 70.7 cm³/mol. The van der Waals surface area contributed by atoms with Crippen LogP contribution in [0.2, 0.25) is 0 Å². The summed E-state index contributed by atoms with van der Waals surface area (Å²) in [5, 5.41) is 0. The molecule has 1 aromatic heterocycles. The van der Waals surface area contributed by atoms with Gasteiger partial charge in [0.25, 0.3) is 0 Å². The van der Waals surface area contributed by atoms with Crippen LogP contribution in [0.1, 0.15) is 28.7 Å². The maximum atomic E-state index is 11.3. The van der Waals surface area contributed by atoms with Crippen LogP contribution in [0.15, 0.2) is 29.0 Å². The zero-order valence-corrected chi connectivity index (χ0v) is 11.6. The Balaban J connectivity index is 2.52. The van der Waals surface area contributed by atoms with Crippen molar-refractivity contribution in [1.82, 2.24) is 9.55 Å². The van der Waals surface area contributed by atoms with Crippen LogP contribution in [0.4, 0.5) is 0 Å². The molecule has 0 spiro atoms. The molecule has 0 radical (unpaired) electrons. The highest BCUT2D eigenvalue weighted by Crippen LogP contribution is 2.22. The highest BCUT2D eigenvalue weighted by molar-refractivity contribution is 9.10. The van der Waals surface area contributed by atoms with E-state index in [0.717, 1.165) is 21.5 Å². The summed E-state index contributed by atoms with van der Waals surface area (Å²) in [6.07, 6.45) is 1.79. The van der Waals surface area contributed by atoms with Crippen molar-refractivity contribution in [1.29, 1.82) is 0 Å². The first-order valence-electron chi connectivity index (χ1n) is 5.32. The number of hydrogen-bond acceptors (Lipinski definition) is 2. The van der Waals surface area contributed by atoms with Gasteiger partial charge in [0.1, 0.15) is 0 Å². The number of hydrogen-bond donors (Lipinski definition) is 0. The number of imidazole rings is 1. The highest BCUT2D eigenvalue weighted by atomic mass is 79.9. The van der Waals surface area contributed by atoms with Crippen LogP contribution in [0.25, 0.3) is 5.69 Å². The van der Waals surface area contributed by atoms with Gasteiger partial charge in [-0.25, -0.2) is 4.98 Å². The fraction of sp³-hybridized carbons (Fsp3) is 0.231. The van der Waals surface area contributed by atoms with E-state index in [1.807, 2.05) is 36.6 Å². The molecule has 4 heteroatoms. The van der Waals surface area contributed by atoms with Crippen LogP contribution >= 0.6 is 15.9 Å². The summed E-state index contributed by atoms with van der Waals surface area (Å²) < 4.78 is 2.82. The summed E-state index contributed by atoms with van der Waals surface area (Å²) in [5.41, 5.74) is 3.81. The van der Waals surface area contributed by atoms with Gasteiger partial charge in [0.15, 0.2) is 5.78 Å². The molecule has 2 rings (SSSR count). The SMILES string of the molecule is CC(=O)c1ccc(-n2cnc(C)c2C)cc1Br. The Kier molecular flexibility index (Phi) is 3.15. The molecule has 3 nitrogen and oxygen atoms in total. The molecule has 0 saturated heterocycles. The molecule has 17 heavy (non-hydrogen) atoms. The van der Waals surface area contributed by atoms with E-state index in [4.69, 9.17) is 0 Å². The number of ketones is 1. The largest absolute Gasteiger partial charge is 0.303 e. The molecular formula is C13H13BrN2O. The molecule has 2 aromatic rings. The van der Waals surface area contributed by atoms with Gasteiger partial charge in [-0.1, -0.05) is 0 Å². The van der Waals surface area contributed by atoms with Crippen molar-refractivity contribution in [3.63, 3.8) is 0 Å². The molecule has 0 atom stereocenters. The second kappa shape index (κ2) is 4.45. The molecular weight excluding hydrogens is 280 g/mol. The van der Waals surface area contributed by atoms with Crippen LogP contribution in [0.5, 0.6) is 0 Å². The molecule has 1 aromatic carbocycles. The standard InChI is InChI=1S/C13H13BrN2O/c1-8-9(2)16(7-15-8)11-4-5-12(10(3)17)13(14)6-11/h4-7H,1-3H3. The van der Waals surface area contributed by atoms with Crippen molar-refractivity contribution in [2.24, 2.45) is 0 Å². The lowest BCUT2D eigenvalue weighted by Crippen LogP contribution is -1.99. The quantitative estimate of drug-likeness (QED) is 0.795. The van der Waals surface area contributed by atoms with E-state index in [1.165, 1.54) is 0 Å². The number of aromatic nitrogens is 2. The second-order valence-corrected chi connectivity index (χ2v) is 4.86. The average Bonchev–Trinajstić information content (AvgIpc) is 2.59. The highest BCUT2D eigenvalue weighted by Gasteiger charge is 2.09. The lowest BCUT2D eigenvalue weighted by Gasteiger charge is -2.08. The minimum atomic E-state index is 0.0574. The first kappa shape index (κ1) is 12.0. The summed E-state index contributed by atoms with van der Waals surface area (Å²) >= 11 is 3.42. The number of Topliss-reactive ketones (excluding diaryl/α,β-unsaturated/α-hetero) is 1. The van der Waals surface area contributed by atoms with Gasteiger partial charge in [-0.05, 0) is 54.9 Å². The number of carbonyl (C=O) groups is 1. The Bertz CT molecular complexity index is 587. The molecule has 88 valence electrons. The predicted octanol–water partition coefficient (Wildman–Crippen LogP) is 3.45. The van der Waals surface area contributed by atoms with Gasteiger partial charge < -0.3 is 4.57 Å². The van der Waals surface area contributed by atoms with Gasteiger partial charge in [0, 0.05) is 21.4 Å². The molecule has 0 aliphatic carbocycles. The van der Waals surface area contributed by atoms with E-state index in [9.17, 15) is 4.79 Å². The normalized spacial score (nSPS) is 10.6. The Labute approximate surface area is 109 Å². The minimum absolute atomic E-state index is 0.0574. The lowest BCUT2D eigenvalue weighted by atomic mass is 10.1. The zero-order chi connectivity index (χ0) is 12.6. The van der Waals surface area contributed by atoms with Gasteiger partial charge in [0.05, 0.1) is 12.0 Å². The number of aryl methyl sites for hydroxylation is 1. The van der Waals surface area contributed by atoms with Crippen molar-refractivity contribution in [2.75, 3.05) is 0 Å². The fourth-order valence-corrected chi connectivity index (χ4v) is 2.34. The lowest BCUT2D eigenvalue weighted by molar-refractivity contribution is 0.101. The van der Waals surface area contributed by atoms with Gasteiger partial charge in [-0.2, -0.15) is 0 Å². The Hall–Kier alpha value is -1.42. The molecule has 0 saturated carbocycles. The number of halogens is 1. The summed E-state index contributed by atoms with van der Waals surface area (Å²) in [7, 11) is 0. The van der Waals surface area contributed by atoms with E-state index < -0.39 is 0 Å². The molecule has 0 N–H and O–H groups in total. The van der Waals surface area contributed by atoms with Crippen molar-refractivity contribution < 1.29 is 4.79 Å². The van der Waals surface area contributed by atoms with Gasteiger partial charge in [-0.3, -0.25) is 4.79 Å². The van der Waals surface area contributed by atoms with E-state index in [-0.39, 0.29) is 5.78 Å². The molecule has 1 heterocycles. The van der Waals surface area contributed by atoms with Gasteiger partial charge in [0.2, 0.25) is 0 Å². The molecule has 0 fully saturated rings. The van der Waals surface area contributed by atoms with Crippen LogP contribution in [-0.4, -0.2) is 15.3 Å². The van der Waals surface area contributed by atoms with E-state index >= 15 is 0 Å². The minimum Gasteiger partial charge on any atom is -0.303 e. The number of rotatable bonds is 2. The number of carbonyl (C=O) groups excluding carboxylic acids is 1. The van der Waals surface area contributed by atoms with E-state index in [1.54, 1.807) is 13.3 Å². The monoisotopic (exact) mass is 292 g/mol. The average molecular weight is 293 g/mol. The third-order valence-corrected chi connectivity index (χ3v) is 3.52. The molecule has 0 bridgehead atoms. The van der Waals surface area contributed by atoms with Crippen molar-refractivity contribution in [2.45, 2.75) is 20.8 Å². The number of nitrogens with zero attached hydrogens (tertiary/aromatic N) is 2. The Morgan fingerprint density at radius 1 is 1.35 bits per heavy atom. The molecule has 0 aliphatic heterocycles. The first-order valence-corrected chi connectivity index (χ1v) is 6.11. The van der Waals surface area contributed by atoms with E-state index in [2.05, 4.69) is 20.9 Å². The first-order chi connectivity index (χ1) is 8.00. The number of benzene rings is 1. The summed E-state index contributed by atoms with van der Waals surface area (Å²) in [6, 6.07) is 5.69. The second-order valence-electron chi connectivity index (χ2n) is 4.01. The summed E-state index contributed by atoms with van der Waals surface area (Å²) in [6.45, 7) is 5.56. The Morgan fingerprint density at radius 3 is 2.53 bits per heavy atom. The van der Waals surface area contributed by atoms with Gasteiger partial charge in [-0.15, -0.1) is 0 Å². The smallest absolute Gasteiger partial charge is 0.160 e. The fourth-order valence-electron chi connectivity index (χ4n) is 1.70. The Morgan fingerprint density at radius 2 is 2.06 bits per heavy atom. The third-order valence-electron chi connectivity index (χ3n) is 2.86. The molecule has 0 amide bonds. The molecule has 0 unspecified atom stereocenters. The summed E-state index contributed by atoms with van der Waals surface area (Å²) in [5.74, 6) is 0.0574. The van der Waals surface area contributed by atoms with Gasteiger partial charge >= 0.3 is 0 Å².